The van der Waals surface area contributed by atoms with Gasteiger partial charge in [-0.15, -0.1) is 0 Å². The van der Waals surface area contributed by atoms with Crippen LogP contribution < -0.4 is 5.32 Å². The zero-order valence-electron chi connectivity index (χ0n) is 12.0. The zero-order valence-corrected chi connectivity index (χ0v) is 12.0. The van der Waals surface area contributed by atoms with Gasteiger partial charge in [-0.25, -0.2) is 0 Å². The molecule has 0 amide bonds. The van der Waals surface area contributed by atoms with E-state index in [4.69, 9.17) is 4.42 Å². The first kappa shape index (κ1) is 13.2. The molecular weight excluding hydrogens is 236 g/mol. The van der Waals surface area contributed by atoms with Gasteiger partial charge in [0.05, 0.1) is 12.8 Å². The lowest BCUT2D eigenvalue weighted by Gasteiger charge is -2.29. The second-order valence-corrected chi connectivity index (χ2v) is 6.12. The van der Waals surface area contributed by atoms with E-state index in [1.54, 1.807) is 0 Å². The van der Waals surface area contributed by atoms with Crippen LogP contribution in [0, 0.1) is 5.92 Å². The third kappa shape index (κ3) is 2.87. The van der Waals surface area contributed by atoms with Gasteiger partial charge in [0.2, 0.25) is 0 Å². The van der Waals surface area contributed by atoms with Crippen LogP contribution in [-0.2, 0) is 13.1 Å². The SMILES string of the molecule is CNCc1occc1CN1CCCC1C1CCCC1. The quantitative estimate of drug-likeness (QED) is 0.883. The highest BCUT2D eigenvalue weighted by atomic mass is 16.3. The number of rotatable bonds is 5. The average molecular weight is 262 g/mol. The molecule has 3 nitrogen and oxygen atoms in total. The molecule has 0 radical (unpaired) electrons. The van der Waals surface area contributed by atoms with Gasteiger partial charge in [-0.05, 0) is 51.3 Å². The lowest BCUT2D eigenvalue weighted by molar-refractivity contribution is 0.182. The number of hydrogen-bond acceptors (Lipinski definition) is 3. The summed E-state index contributed by atoms with van der Waals surface area (Å²) >= 11 is 0. The topological polar surface area (TPSA) is 28.4 Å². The third-order valence-corrected chi connectivity index (χ3v) is 4.91. The second kappa shape index (κ2) is 6.10. The molecule has 0 spiro atoms. The lowest BCUT2D eigenvalue weighted by Crippen LogP contribution is -2.34. The van der Waals surface area contributed by atoms with Crippen LogP contribution in [0.5, 0.6) is 0 Å². The monoisotopic (exact) mass is 262 g/mol. The van der Waals surface area contributed by atoms with Gasteiger partial charge in [-0.3, -0.25) is 4.90 Å². The largest absolute Gasteiger partial charge is 0.468 e. The summed E-state index contributed by atoms with van der Waals surface area (Å²) in [4.78, 5) is 2.71. The summed E-state index contributed by atoms with van der Waals surface area (Å²) in [5.74, 6) is 2.07. The van der Waals surface area contributed by atoms with Crippen LogP contribution >= 0.6 is 0 Å². The molecule has 2 heterocycles. The summed E-state index contributed by atoms with van der Waals surface area (Å²) in [7, 11) is 1.98. The summed E-state index contributed by atoms with van der Waals surface area (Å²) in [6.45, 7) is 3.18. The van der Waals surface area contributed by atoms with Crippen LogP contribution in [0.2, 0.25) is 0 Å². The molecule has 3 heteroatoms. The fourth-order valence-electron chi connectivity index (χ4n) is 3.97. The lowest BCUT2D eigenvalue weighted by atomic mass is 9.96. The minimum absolute atomic E-state index is 0.833. The van der Waals surface area contributed by atoms with E-state index in [1.807, 2.05) is 13.3 Å². The van der Waals surface area contributed by atoms with Gasteiger partial charge in [0, 0.05) is 18.2 Å². The predicted molar refractivity (Wildman–Crippen MR) is 76.9 cm³/mol. The van der Waals surface area contributed by atoms with E-state index in [0.717, 1.165) is 30.8 Å². The van der Waals surface area contributed by atoms with Crippen molar-refractivity contribution in [1.82, 2.24) is 10.2 Å². The molecule has 1 saturated heterocycles. The van der Waals surface area contributed by atoms with Gasteiger partial charge in [-0.1, -0.05) is 12.8 Å². The Bertz CT molecular complexity index is 395. The smallest absolute Gasteiger partial charge is 0.122 e. The van der Waals surface area contributed by atoms with Gasteiger partial charge in [0.1, 0.15) is 5.76 Å². The van der Waals surface area contributed by atoms with E-state index in [0.29, 0.717) is 0 Å². The number of likely N-dealkylation sites (tertiary alicyclic amines) is 1. The van der Waals surface area contributed by atoms with E-state index in [-0.39, 0.29) is 0 Å². The Kier molecular flexibility index (Phi) is 4.24. The molecule has 3 rings (SSSR count). The van der Waals surface area contributed by atoms with E-state index >= 15 is 0 Å². The number of hydrogen-bond donors (Lipinski definition) is 1. The maximum atomic E-state index is 5.59. The minimum atomic E-state index is 0.833. The molecule has 0 aromatic carbocycles. The van der Waals surface area contributed by atoms with Crippen molar-refractivity contribution in [2.45, 2.75) is 57.7 Å². The first-order chi connectivity index (χ1) is 9.38. The highest BCUT2D eigenvalue weighted by Crippen LogP contribution is 2.36. The van der Waals surface area contributed by atoms with Crippen LogP contribution in [0.25, 0.3) is 0 Å². The Balaban J connectivity index is 1.65. The zero-order chi connectivity index (χ0) is 13.1. The number of nitrogens with one attached hydrogen (secondary N) is 1. The highest BCUT2D eigenvalue weighted by molar-refractivity contribution is 5.17. The van der Waals surface area contributed by atoms with Gasteiger partial charge in [-0.2, -0.15) is 0 Å². The Morgan fingerprint density at radius 2 is 2.11 bits per heavy atom. The molecule has 1 saturated carbocycles. The summed E-state index contributed by atoms with van der Waals surface area (Å²) < 4.78 is 5.59. The van der Waals surface area contributed by atoms with Crippen molar-refractivity contribution in [3.8, 4) is 0 Å². The van der Waals surface area contributed by atoms with Crippen LogP contribution in [0.4, 0.5) is 0 Å². The summed E-state index contributed by atoms with van der Waals surface area (Å²) in [6.07, 6.45) is 10.4. The average Bonchev–Trinajstić information content (AvgIpc) is 3.12. The molecule has 1 unspecified atom stereocenters. The van der Waals surface area contributed by atoms with E-state index < -0.39 is 0 Å². The van der Waals surface area contributed by atoms with E-state index in [2.05, 4.69) is 16.3 Å². The van der Waals surface area contributed by atoms with Crippen molar-refractivity contribution < 1.29 is 4.42 Å². The molecule has 1 N–H and O–H groups in total. The number of nitrogens with zero attached hydrogens (tertiary/aromatic N) is 1. The molecule has 1 aliphatic carbocycles. The first-order valence-electron chi connectivity index (χ1n) is 7.82. The van der Waals surface area contributed by atoms with Crippen molar-refractivity contribution in [3.63, 3.8) is 0 Å². The van der Waals surface area contributed by atoms with Gasteiger partial charge in [0.25, 0.3) is 0 Å². The van der Waals surface area contributed by atoms with Gasteiger partial charge in [0.15, 0.2) is 0 Å². The Morgan fingerprint density at radius 1 is 1.26 bits per heavy atom. The van der Waals surface area contributed by atoms with Crippen LogP contribution in [0.3, 0.4) is 0 Å². The predicted octanol–water partition coefficient (Wildman–Crippen LogP) is 3.15. The van der Waals surface area contributed by atoms with Gasteiger partial charge >= 0.3 is 0 Å². The van der Waals surface area contributed by atoms with Crippen molar-refractivity contribution in [2.24, 2.45) is 5.92 Å². The van der Waals surface area contributed by atoms with Gasteiger partial charge < -0.3 is 9.73 Å². The van der Waals surface area contributed by atoms with Crippen LogP contribution in [-0.4, -0.2) is 24.5 Å². The van der Waals surface area contributed by atoms with Crippen LogP contribution in [0.15, 0.2) is 16.7 Å². The Hall–Kier alpha value is -0.800. The molecule has 106 valence electrons. The molecule has 2 fully saturated rings. The maximum Gasteiger partial charge on any atom is 0.122 e. The molecule has 1 atom stereocenters. The van der Waals surface area contributed by atoms with E-state index in [9.17, 15) is 0 Å². The summed E-state index contributed by atoms with van der Waals surface area (Å²) in [6, 6.07) is 2.98. The maximum absolute atomic E-state index is 5.59. The molecule has 1 aliphatic heterocycles. The Morgan fingerprint density at radius 3 is 2.89 bits per heavy atom. The minimum Gasteiger partial charge on any atom is -0.468 e. The summed E-state index contributed by atoms with van der Waals surface area (Å²) in [5, 5.41) is 3.19. The van der Waals surface area contributed by atoms with Crippen molar-refractivity contribution in [3.05, 3.63) is 23.7 Å². The second-order valence-electron chi connectivity index (χ2n) is 6.12. The molecular formula is C16H26N2O. The van der Waals surface area contributed by atoms with Crippen molar-refractivity contribution >= 4 is 0 Å². The van der Waals surface area contributed by atoms with Crippen LogP contribution in [0.1, 0.15) is 49.8 Å². The molecule has 0 bridgehead atoms. The number of furan rings is 1. The fraction of sp³-hybridized carbons (Fsp3) is 0.750. The Labute approximate surface area is 116 Å². The van der Waals surface area contributed by atoms with Crippen molar-refractivity contribution in [1.29, 1.82) is 0 Å². The highest BCUT2D eigenvalue weighted by Gasteiger charge is 2.33. The molecule has 19 heavy (non-hydrogen) atoms. The van der Waals surface area contributed by atoms with Crippen molar-refractivity contribution in [2.75, 3.05) is 13.6 Å². The normalized spacial score (nSPS) is 25.4. The third-order valence-electron chi connectivity index (χ3n) is 4.91. The molecule has 2 aliphatic rings. The van der Waals surface area contributed by atoms with E-state index in [1.165, 1.54) is 50.6 Å². The standard InChI is InChI=1S/C16H26N2O/c1-17-11-16-14(8-10-19-16)12-18-9-4-7-15(18)13-5-2-3-6-13/h8,10,13,15,17H,2-7,9,11-12H2,1H3. The fourth-order valence-corrected chi connectivity index (χ4v) is 3.97. The summed E-state index contributed by atoms with van der Waals surface area (Å²) in [5.41, 5.74) is 1.37. The first-order valence-corrected chi connectivity index (χ1v) is 7.82. The molecule has 1 aromatic rings. The molecule has 1 aromatic heterocycles.